The molecule has 7 heteroatoms. The Balaban J connectivity index is 1.54. The average Bonchev–Trinajstić information content (AvgIpc) is 3.16. The maximum atomic E-state index is 12.4. The summed E-state index contributed by atoms with van der Waals surface area (Å²) in [6.07, 6.45) is 1.84. The molecule has 2 amide bonds. The molecular formula is C23H25N3O4. The van der Waals surface area contributed by atoms with Crippen LogP contribution in [0.15, 0.2) is 54.7 Å². The summed E-state index contributed by atoms with van der Waals surface area (Å²) in [5.74, 6) is -1.05. The fourth-order valence-electron chi connectivity index (χ4n) is 3.25. The van der Waals surface area contributed by atoms with Crippen LogP contribution in [-0.2, 0) is 20.7 Å². The molecule has 0 spiro atoms. The predicted molar refractivity (Wildman–Crippen MR) is 115 cm³/mol. The summed E-state index contributed by atoms with van der Waals surface area (Å²) in [5, 5.41) is 3.62. The fraction of sp³-hybridized carbons (Fsp3) is 0.261. The van der Waals surface area contributed by atoms with Crippen LogP contribution in [0, 0.1) is 0 Å². The van der Waals surface area contributed by atoms with Crippen molar-refractivity contribution in [3.8, 4) is 0 Å². The van der Waals surface area contributed by atoms with Crippen molar-refractivity contribution in [3.05, 3.63) is 65.9 Å². The second-order valence-electron chi connectivity index (χ2n) is 6.80. The Morgan fingerprint density at radius 1 is 1.03 bits per heavy atom. The number of fused-ring (bicyclic) bond motifs is 1. The number of benzene rings is 2. The van der Waals surface area contributed by atoms with Crippen LogP contribution in [-0.4, -0.2) is 47.4 Å². The fourth-order valence-corrected chi connectivity index (χ4v) is 3.25. The maximum Gasteiger partial charge on any atom is 0.310 e. The van der Waals surface area contributed by atoms with E-state index in [1.54, 1.807) is 35.4 Å². The van der Waals surface area contributed by atoms with E-state index in [0.717, 1.165) is 16.5 Å². The number of nitrogens with zero attached hydrogens (tertiary/aromatic N) is 1. The van der Waals surface area contributed by atoms with E-state index in [-0.39, 0.29) is 12.3 Å². The number of carbonyl (C=O) groups excluding carboxylic acids is 3. The van der Waals surface area contributed by atoms with Gasteiger partial charge in [-0.2, -0.15) is 0 Å². The molecule has 0 radical (unpaired) electrons. The molecule has 0 unspecified atom stereocenters. The summed E-state index contributed by atoms with van der Waals surface area (Å²) in [6, 6.07) is 14.4. The Labute approximate surface area is 175 Å². The molecule has 3 rings (SSSR count). The largest absolute Gasteiger partial charge is 0.455 e. The van der Waals surface area contributed by atoms with E-state index in [4.69, 9.17) is 4.74 Å². The monoisotopic (exact) mass is 407 g/mol. The number of amides is 2. The molecule has 156 valence electrons. The summed E-state index contributed by atoms with van der Waals surface area (Å²) in [6.45, 7) is 4.65. The molecule has 0 fully saturated rings. The van der Waals surface area contributed by atoms with Crippen LogP contribution < -0.4 is 5.32 Å². The van der Waals surface area contributed by atoms with Crippen molar-refractivity contribution in [3.63, 3.8) is 0 Å². The zero-order valence-electron chi connectivity index (χ0n) is 17.1. The number of anilines is 1. The number of para-hydroxylation sites is 1. The van der Waals surface area contributed by atoms with Crippen LogP contribution in [0.3, 0.4) is 0 Å². The van der Waals surface area contributed by atoms with Gasteiger partial charge in [0.25, 0.3) is 11.8 Å². The van der Waals surface area contributed by atoms with Crippen LogP contribution in [0.1, 0.15) is 29.8 Å². The molecular weight excluding hydrogens is 382 g/mol. The highest BCUT2D eigenvalue weighted by Crippen LogP contribution is 2.18. The first-order valence-corrected chi connectivity index (χ1v) is 9.91. The van der Waals surface area contributed by atoms with Crippen LogP contribution >= 0.6 is 0 Å². The van der Waals surface area contributed by atoms with Crippen LogP contribution in [0.5, 0.6) is 0 Å². The highest BCUT2D eigenvalue weighted by Gasteiger charge is 2.14. The van der Waals surface area contributed by atoms with Crippen molar-refractivity contribution in [1.82, 2.24) is 9.88 Å². The lowest BCUT2D eigenvalue weighted by atomic mass is 10.1. The topological polar surface area (TPSA) is 91.5 Å². The van der Waals surface area contributed by atoms with Gasteiger partial charge in [-0.15, -0.1) is 0 Å². The molecule has 7 nitrogen and oxygen atoms in total. The Morgan fingerprint density at radius 3 is 2.57 bits per heavy atom. The van der Waals surface area contributed by atoms with Crippen molar-refractivity contribution < 1.29 is 19.1 Å². The SMILES string of the molecule is CCN(CC)C(=O)c1cccc(NC(=O)COC(=O)Cc2c[nH]c3ccccc23)c1. The van der Waals surface area contributed by atoms with Gasteiger partial charge in [0.15, 0.2) is 6.61 Å². The minimum Gasteiger partial charge on any atom is -0.455 e. The molecule has 0 saturated carbocycles. The number of ether oxygens (including phenoxy) is 1. The van der Waals surface area contributed by atoms with E-state index >= 15 is 0 Å². The van der Waals surface area contributed by atoms with E-state index in [9.17, 15) is 14.4 Å². The highest BCUT2D eigenvalue weighted by atomic mass is 16.5. The Morgan fingerprint density at radius 2 is 1.80 bits per heavy atom. The second-order valence-corrected chi connectivity index (χ2v) is 6.80. The molecule has 0 aliphatic carbocycles. The first-order valence-electron chi connectivity index (χ1n) is 9.91. The zero-order chi connectivity index (χ0) is 21.5. The Kier molecular flexibility index (Phi) is 6.85. The summed E-state index contributed by atoms with van der Waals surface area (Å²) in [4.78, 5) is 41.5. The van der Waals surface area contributed by atoms with Crippen LogP contribution in [0.2, 0.25) is 0 Å². The Bertz CT molecular complexity index is 1050. The van der Waals surface area contributed by atoms with Crippen molar-refractivity contribution in [2.45, 2.75) is 20.3 Å². The normalized spacial score (nSPS) is 10.6. The third kappa shape index (κ3) is 5.05. The molecule has 0 saturated heterocycles. The number of carbonyl (C=O) groups is 3. The van der Waals surface area contributed by atoms with Crippen molar-refractivity contribution in [2.75, 3.05) is 25.0 Å². The molecule has 2 N–H and O–H groups in total. The zero-order valence-corrected chi connectivity index (χ0v) is 17.1. The molecule has 3 aromatic rings. The van der Waals surface area contributed by atoms with Gasteiger partial charge in [0, 0.05) is 41.4 Å². The van der Waals surface area contributed by atoms with Gasteiger partial charge in [0.2, 0.25) is 0 Å². The van der Waals surface area contributed by atoms with Gasteiger partial charge < -0.3 is 19.9 Å². The molecule has 0 aliphatic heterocycles. The molecule has 0 bridgehead atoms. The minimum absolute atomic E-state index is 0.0746. The summed E-state index contributed by atoms with van der Waals surface area (Å²) < 4.78 is 5.11. The van der Waals surface area contributed by atoms with Gasteiger partial charge in [0.05, 0.1) is 6.42 Å². The molecule has 2 aromatic carbocycles. The van der Waals surface area contributed by atoms with E-state index in [0.29, 0.717) is 24.3 Å². The Hall–Kier alpha value is -3.61. The van der Waals surface area contributed by atoms with Crippen LogP contribution in [0.25, 0.3) is 10.9 Å². The van der Waals surface area contributed by atoms with E-state index in [1.165, 1.54) is 0 Å². The van der Waals surface area contributed by atoms with Crippen LogP contribution in [0.4, 0.5) is 5.69 Å². The number of rotatable bonds is 8. The minimum atomic E-state index is -0.486. The molecule has 0 atom stereocenters. The van der Waals surface area contributed by atoms with E-state index in [1.807, 2.05) is 38.1 Å². The third-order valence-electron chi connectivity index (χ3n) is 4.82. The van der Waals surface area contributed by atoms with Gasteiger partial charge in [-0.05, 0) is 43.7 Å². The van der Waals surface area contributed by atoms with Gasteiger partial charge in [0.1, 0.15) is 0 Å². The second kappa shape index (κ2) is 9.73. The molecule has 30 heavy (non-hydrogen) atoms. The third-order valence-corrected chi connectivity index (χ3v) is 4.82. The standard InChI is InChI=1S/C23H25N3O4/c1-3-26(4-2)23(29)16-8-7-9-18(12-16)25-21(27)15-30-22(28)13-17-14-24-20-11-6-5-10-19(17)20/h5-12,14,24H,3-4,13,15H2,1-2H3,(H,25,27). The van der Waals surface area contributed by atoms with Gasteiger partial charge >= 0.3 is 5.97 Å². The average molecular weight is 407 g/mol. The predicted octanol–water partition coefficient (Wildman–Crippen LogP) is 3.37. The molecule has 1 heterocycles. The highest BCUT2D eigenvalue weighted by molar-refractivity contribution is 5.98. The van der Waals surface area contributed by atoms with Crippen molar-refractivity contribution >= 4 is 34.4 Å². The first-order chi connectivity index (χ1) is 14.5. The smallest absolute Gasteiger partial charge is 0.310 e. The van der Waals surface area contributed by atoms with Crippen molar-refractivity contribution in [1.29, 1.82) is 0 Å². The number of aromatic amines is 1. The van der Waals surface area contributed by atoms with Crippen molar-refractivity contribution in [2.24, 2.45) is 0 Å². The van der Waals surface area contributed by atoms with E-state index < -0.39 is 18.5 Å². The summed E-state index contributed by atoms with van der Waals surface area (Å²) in [5.41, 5.74) is 2.73. The number of hydrogen-bond acceptors (Lipinski definition) is 4. The van der Waals surface area contributed by atoms with Gasteiger partial charge in [-0.1, -0.05) is 24.3 Å². The number of nitrogens with one attached hydrogen (secondary N) is 2. The summed E-state index contributed by atoms with van der Waals surface area (Å²) >= 11 is 0. The number of aromatic nitrogens is 1. The van der Waals surface area contributed by atoms with Gasteiger partial charge in [-0.3, -0.25) is 14.4 Å². The van der Waals surface area contributed by atoms with Gasteiger partial charge in [-0.25, -0.2) is 0 Å². The number of esters is 1. The number of hydrogen-bond donors (Lipinski definition) is 2. The molecule has 1 aromatic heterocycles. The molecule has 0 aliphatic rings. The quantitative estimate of drug-likeness (QED) is 0.560. The lowest BCUT2D eigenvalue weighted by molar-refractivity contribution is -0.146. The summed E-state index contributed by atoms with van der Waals surface area (Å²) in [7, 11) is 0. The first kappa shape index (κ1) is 21.1. The van der Waals surface area contributed by atoms with E-state index in [2.05, 4.69) is 10.3 Å². The number of H-pyrrole nitrogens is 1. The lowest BCUT2D eigenvalue weighted by Crippen LogP contribution is -2.30. The maximum absolute atomic E-state index is 12.4. The lowest BCUT2D eigenvalue weighted by Gasteiger charge is -2.19.